The molecule has 1 saturated heterocycles. The molecule has 1 aromatic rings. The van der Waals surface area contributed by atoms with E-state index < -0.39 is 30.2 Å². The summed E-state index contributed by atoms with van der Waals surface area (Å²) in [6.07, 6.45) is -4.82. The lowest BCUT2D eigenvalue weighted by atomic mass is 10.1. The smallest absolute Gasteiger partial charge is 0.377 e. The summed E-state index contributed by atoms with van der Waals surface area (Å²) in [5.74, 6) is -0.527. The molecular formula is C18H25F3N4O3. The lowest BCUT2D eigenvalue weighted by Gasteiger charge is -2.40. The highest BCUT2D eigenvalue weighted by Gasteiger charge is 2.47. The number of hydrogen-bond donors (Lipinski definition) is 0. The fourth-order valence-corrected chi connectivity index (χ4v) is 3.54. The lowest BCUT2D eigenvalue weighted by Crippen LogP contribution is -2.54. The number of aromatic nitrogens is 2. The summed E-state index contributed by atoms with van der Waals surface area (Å²) in [7, 11) is 0. The molecule has 0 bridgehead atoms. The normalized spacial score (nSPS) is 23.1. The zero-order chi connectivity index (χ0) is 20.6. The number of hydrogen-bond acceptors (Lipinski definition) is 6. The number of fused-ring (bicyclic) bond motifs is 1. The Kier molecular flexibility index (Phi) is 5.69. The summed E-state index contributed by atoms with van der Waals surface area (Å²) in [5, 5.41) is 0. The van der Waals surface area contributed by atoms with Gasteiger partial charge in [-0.2, -0.15) is 18.2 Å². The van der Waals surface area contributed by atoms with Crippen molar-refractivity contribution in [1.29, 1.82) is 0 Å². The van der Waals surface area contributed by atoms with Gasteiger partial charge in [-0.05, 0) is 13.3 Å². The topological polar surface area (TPSA) is 67.7 Å². The average molecular weight is 402 g/mol. The van der Waals surface area contributed by atoms with Gasteiger partial charge in [-0.3, -0.25) is 14.2 Å². The van der Waals surface area contributed by atoms with Crippen molar-refractivity contribution in [3.63, 3.8) is 0 Å². The first kappa shape index (κ1) is 20.6. The van der Waals surface area contributed by atoms with Crippen molar-refractivity contribution >= 4 is 17.5 Å². The number of ketones is 1. The van der Waals surface area contributed by atoms with Crippen LogP contribution in [-0.2, 0) is 16.1 Å². The predicted octanol–water partition coefficient (Wildman–Crippen LogP) is 1.83. The van der Waals surface area contributed by atoms with Gasteiger partial charge < -0.3 is 14.5 Å². The first-order valence-electron chi connectivity index (χ1n) is 9.42. The molecule has 0 radical (unpaired) electrons. The minimum atomic E-state index is -4.53. The lowest BCUT2D eigenvalue weighted by molar-refractivity contribution is -0.153. The van der Waals surface area contributed by atoms with Gasteiger partial charge in [0.25, 0.3) is 5.56 Å². The van der Waals surface area contributed by atoms with Crippen molar-refractivity contribution in [3.05, 3.63) is 16.4 Å². The molecule has 3 heterocycles. The van der Waals surface area contributed by atoms with Crippen LogP contribution < -0.4 is 15.4 Å². The van der Waals surface area contributed by atoms with Gasteiger partial charge in [0.1, 0.15) is 11.9 Å². The SMILES string of the molecule is CC(C)C(=O)CN1c2nc(N3CCOCC3C)cc(=O)n2CCC1C(F)(F)F. The summed E-state index contributed by atoms with van der Waals surface area (Å²) in [6, 6.07) is -0.558. The third-order valence-electron chi connectivity index (χ3n) is 5.24. The molecule has 0 amide bonds. The van der Waals surface area contributed by atoms with Crippen LogP contribution in [0.1, 0.15) is 27.2 Å². The monoisotopic (exact) mass is 402 g/mol. The van der Waals surface area contributed by atoms with E-state index in [1.807, 2.05) is 11.8 Å². The maximum Gasteiger partial charge on any atom is 0.408 e. The van der Waals surface area contributed by atoms with Gasteiger partial charge in [0, 0.05) is 25.1 Å². The molecular weight excluding hydrogens is 377 g/mol. The molecule has 1 fully saturated rings. The Morgan fingerprint density at radius 2 is 2.07 bits per heavy atom. The molecule has 1 aromatic heterocycles. The second kappa shape index (κ2) is 7.73. The molecule has 0 N–H and O–H groups in total. The van der Waals surface area contributed by atoms with Gasteiger partial charge in [-0.25, -0.2) is 0 Å². The van der Waals surface area contributed by atoms with Crippen molar-refractivity contribution in [2.75, 3.05) is 36.1 Å². The fourth-order valence-electron chi connectivity index (χ4n) is 3.54. The van der Waals surface area contributed by atoms with Crippen LogP contribution in [-0.4, -0.2) is 59.9 Å². The number of nitrogens with zero attached hydrogens (tertiary/aromatic N) is 4. The Bertz CT molecular complexity index is 793. The zero-order valence-corrected chi connectivity index (χ0v) is 16.2. The molecule has 28 heavy (non-hydrogen) atoms. The molecule has 2 aliphatic heterocycles. The molecule has 0 spiro atoms. The molecule has 156 valence electrons. The Labute approximate surface area is 161 Å². The standard InChI is InChI=1S/C18H25F3N4O3/c1-11(2)13(26)9-25-14(18(19,20)21)4-5-24-16(27)8-15(22-17(24)25)23-6-7-28-10-12(23)3/h8,11-12,14H,4-7,9-10H2,1-3H3. The number of rotatable bonds is 4. The molecule has 2 aliphatic rings. The number of ether oxygens (including phenoxy) is 1. The van der Waals surface area contributed by atoms with Gasteiger partial charge in [-0.1, -0.05) is 13.8 Å². The Morgan fingerprint density at radius 1 is 1.36 bits per heavy atom. The Balaban J connectivity index is 2.06. The van der Waals surface area contributed by atoms with E-state index in [0.29, 0.717) is 25.6 Å². The minimum absolute atomic E-state index is 0.0588. The van der Waals surface area contributed by atoms with Crippen molar-refractivity contribution in [3.8, 4) is 0 Å². The first-order chi connectivity index (χ1) is 13.1. The zero-order valence-electron chi connectivity index (χ0n) is 16.2. The van der Waals surface area contributed by atoms with Crippen molar-refractivity contribution < 1.29 is 22.7 Å². The van der Waals surface area contributed by atoms with Crippen LogP contribution in [0.3, 0.4) is 0 Å². The second-order valence-corrected chi connectivity index (χ2v) is 7.62. The van der Waals surface area contributed by atoms with Gasteiger partial charge in [0.2, 0.25) is 5.95 Å². The third kappa shape index (κ3) is 4.01. The molecule has 2 unspecified atom stereocenters. The van der Waals surface area contributed by atoms with E-state index in [-0.39, 0.29) is 30.7 Å². The quantitative estimate of drug-likeness (QED) is 0.766. The maximum absolute atomic E-state index is 13.7. The van der Waals surface area contributed by atoms with Crippen LogP contribution in [0, 0.1) is 5.92 Å². The predicted molar refractivity (Wildman–Crippen MR) is 97.8 cm³/mol. The number of alkyl halides is 3. The van der Waals surface area contributed by atoms with Crippen LogP contribution in [0.4, 0.5) is 24.9 Å². The molecule has 3 rings (SSSR count). The minimum Gasteiger partial charge on any atom is -0.377 e. The summed E-state index contributed by atoms with van der Waals surface area (Å²) in [4.78, 5) is 32.1. The Morgan fingerprint density at radius 3 is 2.68 bits per heavy atom. The number of carbonyl (C=O) groups excluding carboxylic acids is 1. The molecule has 0 aliphatic carbocycles. The number of carbonyl (C=O) groups is 1. The molecule has 0 aromatic carbocycles. The Hall–Kier alpha value is -2.10. The van der Waals surface area contributed by atoms with Gasteiger partial charge in [0.05, 0.1) is 25.8 Å². The van der Waals surface area contributed by atoms with Gasteiger partial charge in [0.15, 0.2) is 5.78 Å². The summed E-state index contributed by atoms with van der Waals surface area (Å²) in [6.45, 7) is 6.04. The average Bonchev–Trinajstić information content (AvgIpc) is 2.61. The van der Waals surface area contributed by atoms with Crippen molar-refractivity contribution in [2.24, 2.45) is 5.92 Å². The molecule has 7 nitrogen and oxygen atoms in total. The number of anilines is 2. The highest BCUT2D eigenvalue weighted by Crippen LogP contribution is 2.34. The fraction of sp³-hybridized carbons (Fsp3) is 0.722. The van der Waals surface area contributed by atoms with E-state index in [1.54, 1.807) is 13.8 Å². The largest absolute Gasteiger partial charge is 0.408 e. The van der Waals surface area contributed by atoms with Gasteiger partial charge in [-0.15, -0.1) is 0 Å². The van der Waals surface area contributed by atoms with Crippen molar-refractivity contribution in [1.82, 2.24) is 9.55 Å². The van der Waals surface area contributed by atoms with Crippen molar-refractivity contribution in [2.45, 2.75) is 52.0 Å². The highest BCUT2D eigenvalue weighted by atomic mass is 19.4. The molecule has 2 atom stereocenters. The molecule has 10 heteroatoms. The highest BCUT2D eigenvalue weighted by molar-refractivity contribution is 5.85. The van der Waals surface area contributed by atoms with E-state index >= 15 is 0 Å². The van der Waals surface area contributed by atoms with E-state index in [9.17, 15) is 22.8 Å². The molecule has 0 saturated carbocycles. The van der Waals surface area contributed by atoms with E-state index in [1.165, 1.54) is 10.6 Å². The number of Topliss-reactive ketones (excluding diaryl/α,β-unsaturated/α-hetero) is 1. The van der Waals surface area contributed by atoms with Crippen LogP contribution >= 0.6 is 0 Å². The van der Waals surface area contributed by atoms with Crippen LogP contribution in [0.25, 0.3) is 0 Å². The summed E-state index contributed by atoms with van der Waals surface area (Å²) < 4.78 is 47.6. The van der Waals surface area contributed by atoms with Crippen LogP contribution in [0.15, 0.2) is 10.9 Å². The summed E-state index contributed by atoms with van der Waals surface area (Å²) >= 11 is 0. The van der Waals surface area contributed by atoms with Gasteiger partial charge >= 0.3 is 6.18 Å². The first-order valence-corrected chi connectivity index (χ1v) is 9.42. The van der Waals surface area contributed by atoms with Crippen LogP contribution in [0.2, 0.25) is 0 Å². The van der Waals surface area contributed by atoms with E-state index in [4.69, 9.17) is 4.74 Å². The van der Waals surface area contributed by atoms with E-state index in [0.717, 1.165) is 4.90 Å². The third-order valence-corrected chi connectivity index (χ3v) is 5.24. The number of morpholine rings is 1. The maximum atomic E-state index is 13.7. The number of halogens is 3. The van der Waals surface area contributed by atoms with Crippen LogP contribution in [0.5, 0.6) is 0 Å². The summed E-state index contributed by atoms with van der Waals surface area (Å²) in [5.41, 5.74) is -0.415. The second-order valence-electron chi connectivity index (χ2n) is 7.62. The van der Waals surface area contributed by atoms with E-state index in [2.05, 4.69) is 4.98 Å².